The summed E-state index contributed by atoms with van der Waals surface area (Å²) in [6, 6.07) is 11.7. The topological polar surface area (TPSA) is 126 Å². The maximum absolute atomic E-state index is 13.1. The summed E-state index contributed by atoms with van der Waals surface area (Å²) in [5.74, 6) is -0.433. The van der Waals surface area contributed by atoms with Crippen molar-refractivity contribution in [1.82, 2.24) is 4.90 Å². The van der Waals surface area contributed by atoms with Gasteiger partial charge in [0.1, 0.15) is 11.5 Å². The molecule has 2 aromatic rings. The number of hydrogen-bond donors (Lipinski definition) is 2. The van der Waals surface area contributed by atoms with Gasteiger partial charge in [-0.2, -0.15) is 0 Å². The fraction of sp³-hybridized carbons (Fsp3) is 0.174. The minimum Gasteiger partial charge on any atom is -0.494 e. The van der Waals surface area contributed by atoms with Crippen LogP contribution in [0.5, 0.6) is 11.5 Å². The number of amides is 2. The smallest absolute Gasteiger partial charge is 0.259 e. The fourth-order valence-corrected chi connectivity index (χ4v) is 4.45. The molecule has 0 radical (unpaired) electrons. The maximum Gasteiger partial charge on any atom is 0.259 e. The lowest BCUT2D eigenvalue weighted by molar-refractivity contribution is -0.112. The Kier molecular flexibility index (Phi) is 6.37. The van der Waals surface area contributed by atoms with Crippen LogP contribution in [0, 0.1) is 0 Å². The number of methoxy groups -OCH3 is 2. The SMILES string of the molecule is COc1cc(NC(=O)c2ccccc2)c(OC)cc1NC(=O)C1=CC=CN2CCS(=O)(=O)N=C12. The maximum atomic E-state index is 13.1. The Morgan fingerprint density at radius 1 is 0.971 bits per heavy atom. The first-order valence-electron chi connectivity index (χ1n) is 10.2. The largest absolute Gasteiger partial charge is 0.494 e. The molecule has 0 fully saturated rings. The summed E-state index contributed by atoms with van der Waals surface area (Å²) in [6.45, 7) is 0.204. The molecule has 0 saturated heterocycles. The molecule has 2 aliphatic rings. The second-order valence-corrected chi connectivity index (χ2v) is 9.10. The van der Waals surface area contributed by atoms with Gasteiger partial charge in [0, 0.05) is 30.4 Å². The number of sulfonamides is 1. The second kappa shape index (κ2) is 9.40. The van der Waals surface area contributed by atoms with Gasteiger partial charge in [0.2, 0.25) is 0 Å². The summed E-state index contributed by atoms with van der Waals surface area (Å²) in [6.07, 6.45) is 4.80. The molecule has 0 aromatic heterocycles. The lowest BCUT2D eigenvalue weighted by atomic mass is 10.1. The molecule has 2 heterocycles. The number of anilines is 2. The molecule has 0 unspecified atom stereocenters. The molecule has 11 heteroatoms. The average molecular weight is 483 g/mol. The van der Waals surface area contributed by atoms with Gasteiger partial charge in [-0.25, -0.2) is 8.42 Å². The molecule has 34 heavy (non-hydrogen) atoms. The summed E-state index contributed by atoms with van der Waals surface area (Å²) in [4.78, 5) is 27.3. The Morgan fingerprint density at radius 2 is 1.59 bits per heavy atom. The van der Waals surface area contributed by atoms with Gasteiger partial charge in [0.25, 0.3) is 21.8 Å². The highest BCUT2D eigenvalue weighted by atomic mass is 32.2. The second-order valence-electron chi connectivity index (χ2n) is 7.34. The third kappa shape index (κ3) is 4.79. The number of fused-ring (bicyclic) bond motifs is 1. The van der Waals surface area contributed by atoms with Gasteiger partial charge >= 0.3 is 0 Å². The van der Waals surface area contributed by atoms with Gasteiger partial charge in [-0.15, -0.1) is 4.40 Å². The van der Waals surface area contributed by atoms with E-state index in [4.69, 9.17) is 9.47 Å². The Bertz CT molecular complexity index is 1330. The summed E-state index contributed by atoms with van der Waals surface area (Å²) in [5.41, 5.74) is 1.17. The number of allylic oxidation sites excluding steroid dienone is 2. The number of hydrogen-bond acceptors (Lipinski definition) is 7. The molecule has 2 aromatic carbocycles. The lowest BCUT2D eigenvalue weighted by Gasteiger charge is -2.28. The lowest BCUT2D eigenvalue weighted by Crippen LogP contribution is -2.40. The Balaban J connectivity index is 1.61. The van der Waals surface area contributed by atoms with E-state index in [1.807, 2.05) is 6.07 Å². The van der Waals surface area contributed by atoms with Crippen LogP contribution < -0.4 is 20.1 Å². The van der Waals surface area contributed by atoms with Crippen molar-refractivity contribution in [2.75, 3.05) is 37.2 Å². The van der Waals surface area contributed by atoms with Crippen LogP contribution in [0.3, 0.4) is 0 Å². The van der Waals surface area contributed by atoms with E-state index in [0.717, 1.165) is 0 Å². The van der Waals surface area contributed by atoms with Gasteiger partial charge in [-0.1, -0.05) is 18.2 Å². The van der Waals surface area contributed by atoms with E-state index < -0.39 is 15.9 Å². The van der Waals surface area contributed by atoms with Crippen LogP contribution in [0.1, 0.15) is 10.4 Å². The molecule has 0 bridgehead atoms. The highest BCUT2D eigenvalue weighted by Gasteiger charge is 2.30. The molecular formula is C23H22N4O6S. The number of carbonyl (C=O) groups is 2. The van der Waals surface area contributed by atoms with Crippen LogP contribution in [0.4, 0.5) is 11.4 Å². The van der Waals surface area contributed by atoms with Gasteiger partial charge in [-0.3, -0.25) is 9.59 Å². The standard InChI is InChI=1S/C23H22N4O6S/c1-32-19-14-18(20(33-2)13-17(19)24-22(28)15-7-4-3-5-8-15)25-23(29)16-9-6-10-27-11-12-34(30,31)26-21(16)27/h3-10,13-14H,11-12H2,1-2H3,(H,24,28)(H,25,29). The molecule has 176 valence electrons. The summed E-state index contributed by atoms with van der Waals surface area (Å²) in [7, 11) is -0.800. The molecule has 0 atom stereocenters. The zero-order chi connectivity index (χ0) is 24.3. The normalized spacial score (nSPS) is 16.0. The highest BCUT2D eigenvalue weighted by molar-refractivity contribution is 7.90. The monoisotopic (exact) mass is 482 g/mol. The number of amidine groups is 1. The van der Waals surface area contributed by atoms with Gasteiger partial charge in [-0.05, 0) is 24.3 Å². The predicted molar refractivity (Wildman–Crippen MR) is 128 cm³/mol. The molecule has 2 N–H and O–H groups in total. The van der Waals surface area contributed by atoms with Crippen molar-refractivity contribution >= 4 is 39.0 Å². The number of carbonyl (C=O) groups excluding carboxylic acids is 2. The summed E-state index contributed by atoms with van der Waals surface area (Å²) in [5, 5.41) is 5.49. The van der Waals surface area contributed by atoms with Crippen LogP contribution in [-0.2, 0) is 14.8 Å². The number of nitrogens with one attached hydrogen (secondary N) is 2. The minimum atomic E-state index is -3.65. The molecule has 2 aliphatic heterocycles. The predicted octanol–water partition coefficient (Wildman–Crippen LogP) is 2.39. The molecule has 0 aliphatic carbocycles. The number of ether oxygens (including phenoxy) is 2. The first-order chi connectivity index (χ1) is 16.3. The van der Waals surface area contributed by atoms with Gasteiger partial charge in [0.05, 0.1) is 36.9 Å². The number of nitrogens with zero attached hydrogens (tertiary/aromatic N) is 2. The third-order valence-corrected chi connectivity index (χ3v) is 6.31. The first-order valence-corrected chi connectivity index (χ1v) is 11.8. The quantitative estimate of drug-likeness (QED) is 0.647. The van der Waals surface area contributed by atoms with E-state index >= 15 is 0 Å². The van der Waals surface area contributed by atoms with E-state index in [-0.39, 0.29) is 46.8 Å². The zero-order valence-corrected chi connectivity index (χ0v) is 19.3. The zero-order valence-electron chi connectivity index (χ0n) is 18.4. The van der Waals surface area contributed by atoms with Crippen LogP contribution in [0.2, 0.25) is 0 Å². The molecule has 0 spiro atoms. The Hall–Kier alpha value is -4.12. The number of benzene rings is 2. The first kappa shape index (κ1) is 23.1. The van der Waals surface area contributed by atoms with Crippen molar-refractivity contribution < 1.29 is 27.5 Å². The summed E-state index contributed by atoms with van der Waals surface area (Å²) < 4.78 is 38.5. The Labute approximate surface area is 196 Å². The van der Waals surface area contributed by atoms with Crippen LogP contribution in [0.15, 0.2) is 70.8 Å². The van der Waals surface area contributed by atoms with Crippen molar-refractivity contribution in [2.24, 2.45) is 4.40 Å². The van der Waals surface area contributed by atoms with Gasteiger partial charge in [0.15, 0.2) is 5.84 Å². The highest BCUT2D eigenvalue weighted by Crippen LogP contribution is 2.37. The van der Waals surface area contributed by atoms with E-state index in [0.29, 0.717) is 11.3 Å². The van der Waals surface area contributed by atoms with Crippen molar-refractivity contribution in [3.8, 4) is 11.5 Å². The number of rotatable bonds is 6. The van der Waals surface area contributed by atoms with Crippen LogP contribution in [0.25, 0.3) is 0 Å². The Morgan fingerprint density at radius 3 is 2.21 bits per heavy atom. The van der Waals surface area contributed by atoms with Crippen molar-refractivity contribution in [3.63, 3.8) is 0 Å². The molecule has 10 nitrogen and oxygen atoms in total. The molecule has 2 amide bonds. The van der Waals surface area contributed by atoms with Crippen molar-refractivity contribution in [2.45, 2.75) is 0 Å². The third-order valence-electron chi connectivity index (χ3n) is 5.16. The molecule has 4 rings (SSSR count). The van der Waals surface area contributed by atoms with Crippen LogP contribution >= 0.6 is 0 Å². The van der Waals surface area contributed by atoms with E-state index in [1.165, 1.54) is 32.4 Å². The van der Waals surface area contributed by atoms with Crippen molar-refractivity contribution in [1.29, 1.82) is 0 Å². The average Bonchev–Trinajstić information content (AvgIpc) is 2.84. The van der Waals surface area contributed by atoms with E-state index in [1.54, 1.807) is 41.4 Å². The molecular weight excluding hydrogens is 460 g/mol. The van der Waals surface area contributed by atoms with Crippen molar-refractivity contribution in [3.05, 3.63) is 72.0 Å². The molecule has 0 saturated carbocycles. The van der Waals surface area contributed by atoms with Crippen LogP contribution in [-0.4, -0.2) is 57.5 Å². The fourth-order valence-electron chi connectivity index (χ4n) is 3.46. The minimum absolute atomic E-state index is 0.0592. The van der Waals surface area contributed by atoms with E-state index in [2.05, 4.69) is 15.0 Å². The van der Waals surface area contributed by atoms with Gasteiger partial charge < -0.3 is 25.0 Å². The summed E-state index contributed by atoms with van der Waals surface area (Å²) >= 11 is 0. The van der Waals surface area contributed by atoms with E-state index in [9.17, 15) is 18.0 Å².